The molecule has 0 aliphatic carbocycles. The average Bonchev–Trinajstić information content (AvgIpc) is 2.32. The highest BCUT2D eigenvalue weighted by atomic mass is 16.5. The lowest BCUT2D eigenvalue weighted by atomic mass is 10.2. The minimum atomic E-state index is -0.935. The van der Waals surface area contributed by atoms with Crippen LogP contribution >= 0.6 is 0 Å². The highest BCUT2D eigenvalue weighted by Crippen LogP contribution is 2.26. The summed E-state index contributed by atoms with van der Waals surface area (Å²) in [6.45, 7) is 6.55. The number of hydrogen-bond acceptors (Lipinski definition) is 3. The zero-order valence-corrected chi connectivity index (χ0v) is 10.8. The third-order valence-corrected chi connectivity index (χ3v) is 1.93. The molecule has 98 valence electrons. The number of rotatable bonds is 3. The van der Waals surface area contributed by atoms with E-state index in [0.29, 0.717) is 5.75 Å². The zero-order chi connectivity index (χ0) is 14.1. The van der Waals surface area contributed by atoms with Crippen molar-refractivity contribution in [2.45, 2.75) is 13.8 Å². The van der Waals surface area contributed by atoms with Gasteiger partial charge in [-0.1, -0.05) is 24.8 Å². The fourth-order valence-electron chi connectivity index (χ4n) is 0.990. The fraction of sp³-hybridized carbons (Fsp3) is 0.214. The van der Waals surface area contributed by atoms with Gasteiger partial charge in [0.15, 0.2) is 11.5 Å². The van der Waals surface area contributed by atoms with Gasteiger partial charge in [0.25, 0.3) is 0 Å². The summed E-state index contributed by atoms with van der Waals surface area (Å²) < 4.78 is 4.95. The molecule has 0 aromatic heterocycles. The molecule has 4 heteroatoms. The molecular formula is C14H18O4. The Morgan fingerprint density at radius 3 is 2.39 bits per heavy atom. The van der Waals surface area contributed by atoms with Crippen molar-refractivity contribution < 1.29 is 19.7 Å². The van der Waals surface area contributed by atoms with Gasteiger partial charge in [-0.05, 0) is 31.5 Å². The Hall–Kier alpha value is -2.23. The van der Waals surface area contributed by atoms with Crippen molar-refractivity contribution in [3.63, 3.8) is 0 Å². The third-order valence-electron chi connectivity index (χ3n) is 1.93. The molecule has 0 saturated carbocycles. The number of carboxylic acid groups (broad SMARTS) is 1. The van der Waals surface area contributed by atoms with Crippen LogP contribution in [-0.4, -0.2) is 23.3 Å². The Labute approximate surface area is 107 Å². The predicted molar refractivity (Wildman–Crippen MR) is 71.8 cm³/mol. The lowest BCUT2D eigenvalue weighted by molar-refractivity contribution is -0.132. The first-order valence-electron chi connectivity index (χ1n) is 5.30. The third kappa shape index (κ3) is 5.75. The SMILES string of the molecule is C=C(C)C(=O)O.CC=Cc1ccc(O)c(OC)c1. The number of allylic oxidation sites excluding steroid dienone is 1. The first-order valence-corrected chi connectivity index (χ1v) is 5.30. The molecule has 0 aliphatic rings. The van der Waals surface area contributed by atoms with Gasteiger partial charge in [-0.3, -0.25) is 0 Å². The number of benzene rings is 1. The molecule has 0 bridgehead atoms. The van der Waals surface area contributed by atoms with Gasteiger partial charge in [0.1, 0.15) is 0 Å². The van der Waals surface area contributed by atoms with Crippen molar-refractivity contribution in [1.82, 2.24) is 0 Å². The van der Waals surface area contributed by atoms with Crippen molar-refractivity contribution in [3.05, 3.63) is 42.0 Å². The summed E-state index contributed by atoms with van der Waals surface area (Å²) in [5.41, 5.74) is 1.20. The van der Waals surface area contributed by atoms with E-state index in [0.717, 1.165) is 5.56 Å². The molecule has 0 heterocycles. The van der Waals surface area contributed by atoms with Gasteiger partial charge in [0.05, 0.1) is 7.11 Å². The quantitative estimate of drug-likeness (QED) is 0.809. The second-order valence-corrected chi connectivity index (χ2v) is 3.52. The molecule has 4 nitrogen and oxygen atoms in total. The van der Waals surface area contributed by atoms with E-state index in [-0.39, 0.29) is 11.3 Å². The highest BCUT2D eigenvalue weighted by molar-refractivity contribution is 5.84. The second kappa shape index (κ2) is 7.95. The summed E-state index contributed by atoms with van der Waals surface area (Å²) in [5, 5.41) is 17.1. The standard InChI is InChI=1S/C10H12O2.C4H6O2/c1-3-4-8-5-6-9(11)10(7-8)12-2;1-3(2)4(5)6/h3-7,11H,1-2H3;1H2,2H3,(H,5,6). The van der Waals surface area contributed by atoms with Crippen LogP contribution in [0.4, 0.5) is 0 Å². The van der Waals surface area contributed by atoms with E-state index in [9.17, 15) is 9.90 Å². The summed E-state index contributed by atoms with van der Waals surface area (Å²) in [6, 6.07) is 5.24. The molecule has 18 heavy (non-hydrogen) atoms. The van der Waals surface area contributed by atoms with Crippen molar-refractivity contribution in [2.24, 2.45) is 0 Å². The monoisotopic (exact) mass is 250 g/mol. The van der Waals surface area contributed by atoms with E-state index in [2.05, 4.69) is 6.58 Å². The molecule has 0 spiro atoms. The van der Waals surface area contributed by atoms with E-state index < -0.39 is 5.97 Å². The van der Waals surface area contributed by atoms with Gasteiger partial charge < -0.3 is 14.9 Å². The largest absolute Gasteiger partial charge is 0.504 e. The first-order chi connectivity index (χ1) is 8.42. The molecule has 0 unspecified atom stereocenters. The van der Waals surface area contributed by atoms with Gasteiger partial charge in [0, 0.05) is 5.57 Å². The summed E-state index contributed by atoms with van der Waals surface area (Å²) in [5.74, 6) is -0.258. The summed E-state index contributed by atoms with van der Waals surface area (Å²) in [4.78, 5) is 9.60. The maximum absolute atomic E-state index is 9.60. The maximum atomic E-state index is 9.60. The molecule has 0 fully saturated rings. The predicted octanol–water partition coefficient (Wildman–Crippen LogP) is 3.08. The molecule has 0 radical (unpaired) electrons. The number of aromatic hydroxyl groups is 1. The van der Waals surface area contributed by atoms with E-state index in [1.54, 1.807) is 12.1 Å². The Bertz CT molecular complexity index is 435. The van der Waals surface area contributed by atoms with Crippen LogP contribution in [0.15, 0.2) is 36.4 Å². The highest BCUT2D eigenvalue weighted by Gasteiger charge is 1.99. The lowest BCUT2D eigenvalue weighted by Gasteiger charge is -2.03. The average molecular weight is 250 g/mol. The molecule has 1 aromatic rings. The number of carboxylic acids is 1. The first kappa shape index (κ1) is 15.8. The zero-order valence-electron chi connectivity index (χ0n) is 10.8. The van der Waals surface area contributed by atoms with Gasteiger partial charge in [-0.2, -0.15) is 0 Å². The number of ether oxygens (including phenoxy) is 1. The van der Waals surface area contributed by atoms with E-state index in [1.807, 2.05) is 25.1 Å². The van der Waals surface area contributed by atoms with Crippen molar-refractivity contribution in [3.8, 4) is 11.5 Å². The van der Waals surface area contributed by atoms with Crippen LogP contribution in [0.2, 0.25) is 0 Å². The molecular weight excluding hydrogens is 232 g/mol. The minimum absolute atomic E-state index is 0.172. The molecule has 0 amide bonds. The molecule has 0 aliphatic heterocycles. The number of carbonyl (C=O) groups is 1. The van der Waals surface area contributed by atoms with Crippen molar-refractivity contribution >= 4 is 12.0 Å². The van der Waals surface area contributed by atoms with Crippen LogP contribution in [0.1, 0.15) is 19.4 Å². The molecule has 2 N–H and O–H groups in total. The molecule has 1 aromatic carbocycles. The normalized spacial score (nSPS) is 9.50. The number of aliphatic carboxylic acids is 1. The van der Waals surface area contributed by atoms with Crippen LogP contribution in [0.5, 0.6) is 11.5 Å². The van der Waals surface area contributed by atoms with Gasteiger partial charge in [0.2, 0.25) is 0 Å². The molecule has 1 rings (SSSR count). The summed E-state index contributed by atoms with van der Waals surface area (Å²) in [7, 11) is 1.54. The van der Waals surface area contributed by atoms with E-state index >= 15 is 0 Å². The van der Waals surface area contributed by atoms with E-state index in [4.69, 9.17) is 9.84 Å². The van der Waals surface area contributed by atoms with Gasteiger partial charge in [-0.15, -0.1) is 0 Å². The van der Waals surface area contributed by atoms with Gasteiger partial charge >= 0.3 is 5.97 Å². The van der Waals surface area contributed by atoms with Crippen LogP contribution < -0.4 is 4.74 Å². The van der Waals surface area contributed by atoms with Crippen LogP contribution in [0.25, 0.3) is 6.08 Å². The summed E-state index contributed by atoms with van der Waals surface area (Å²) in [6.07, 6.45) is 3.88. The number of phenols is 1. The smallest absolute Gasteiger partial charge is 0.330 e. The second-order valence-electron chi connectivity index (χ2n) is 3.52. The number of methoxy groups -OCH3 is 1. The van der Waals surface area contributed by atoms with Crippen molar-refractivity contribution in [1.29, 1.82) is 0 Å². The summed E-state index contributed by atoms with van der Waals surface area (Å²) >= 11 is 0. The minimum Gasteiger partial charge on any atom is -0.504 e. The lowest BCUT2D eigenvalue weighted by Crippen LogP contribution is -1.92. The van der Waals surface area contributed by atoms with Crippen LogP contribution in [0, 0.1) is 0 Å². The van der Waals surface area contributed by atoms with Crippen molar-refractivity contribution in [2.75, 3.05) is 7.11 Å². The topological polar surface area (TPSA) is 66.8 Å². The van der Waals surface area contributed by atoms with Crippen LogP contribution in [0.3, 0.4) is 0 Å². The maximum Gasteiger partial charge on any atom is 0.330 e. The molecule has 0 atom stereocenters. The van der Waals surface area contributed by atoms with Gasteiger partial charge in [-0.25, -0.2) is 4.79 Å². The van der Waals surface area contributed by atoms with Crippen LogP contribution in [-0.2, 0) is 4.79 Å². The Kier molecular flexibility index (Phi) is 6.96. The Balaban J connectivity index is 0.000000411. The Morgan fingerprint density at radius 2 is 2.00 bits per heavy atom. The molecule has 0 saturated heterocycles. The number of phenolic OH excluding ortho intramolecular Hbond substituents is 1. The van der Waals surface area contributed by atoms with E-state index in [1.165, 1.54) is 14.0 Å². The number of hydrogen-bond donors (Lipinski definition) is 2. The fourth-order valence-corrected chi connectivity index (χ4v) is 0.990. The Morgan fingerprint density at radius 1 is 1.44 bits per heavy atom.